The Morgan fingerprint density at radius 1 is 1.35 bits per heavy atom. The zero-order valence-electron chi connectivity index (χ0n) is 11.9. The van der Waals surface area contributed by atoms with Crippen LogP contribution in [0.3, 0.4) is 0 Å². The van der Waals surface area contributed by atoms with Crippen molar-refractivity contribution >= 4 is 10.0 Å². The fraction of sp³-hybridized carbons (Fsp3) is 0.538. The largest absolute Gasteiger partial charge is 0.326 e. The Bertz CT molecular complexity index is 576. The van der Waals surface area contributed by atoms with Crippen LogP contribution in [0.15, 0.2) is 17.0 Å². The second-order valence-electron chi connectivity index (χ2n) is 4.84. The fourth-order valence-electron chi connectivity index (χ4n) is 1.80. The van der Waals surface area contributed by atoms with E-state index in [0.717, 1.165) is 22.9 Å². The molecule has 0 bridgehead atoms. The molecular formula is C13H20F2N2O2S. The molecule has 0 fully saturated rings. The van der Waals surface area contributed by atoms with Gasteiger partial charge in [-0.25, -0.2) is 21.5 Å². The highest BCUT2D eigenvalue weighted by atomic mass is 32.2. The number of nitrogens with two attached hydrogens (primary N) is 1. The summed E-state index contributed by atoms with van der Waals surface area (Å²) in [6.45, 7) is 3.72. The van der Waals surface area contributed by atoms with Crippen molar-refractivity contribution in [1.29, 1.82) is 0 Å². The van der Waals surface area contributed by atoms with Gasteiger partial charge in [0.2, 0.25) is 10.0 Å². The van der Waals surface area contributed by atoms with E-state index in [4.69, 9.17) is 5.73 Å². The third kappa shape index (κ3) is 3.34. The topological polar surface area (TPSA) is 63.4 Å². The highest BCUT2D eigenvalue weighted by Crippen LogP contribution is 2.24. The molecule has 0 heterocycles. The molecule has 0 radical (unpaired) electrons. The van der Waals surface area contributed by atoms with E-state index in [-0.39, 0.29) is 12.5 Å². The molecule has 0 aromatic heterocycles. The molecule has 0 saturated heterocycles. The zero-order valence-corrected chi connectivity index (χ0v) is 12.7. The highest BCUT2D eigenvalue weighted by molar-refractivity contribution is 7.89. The van der Waals surface area contributed by atoms with E-state index in [1.807, 2.05) is 13.8 Å². The first-order chi connectivity index (χ1) is 9.25. The van der Waals surface area contributed by atoms with E-state index >= 15 is 0 Å². The molecule has 20 heavy (non-hydrogen) atoms. The van der Waals surface area contributed by atoms with Crippen molar-refractivity contribution in [3.63, 3.8) is 0 Å². The van der Waals surface area contributed by atoms with Gasteiger partial charge in [0, 0.05) is 25.7 Å². The Hall–Kier alpha value is -1.05. The van der Waals surface area contributed by atoms with Crippen molar-refractivity contribution < 1.29 is 17.2 Å². The summed E-state index contributed by atoms with van der Waals surface area (Å²) < 4.78 is 53.1. The van der Waals surface area contributed by atoms with Gasteiger partial charge in [0.05, 0.1) is 0 Å². The maximum atomic E-state index is 14.1. The molecule has 1 rings (SSSR count). The van der Waals surface area contributed by atoms with E-state index in [9.17, 15) is 17.2 Å². The van der Waals surface area contributed by atoms with Crippen LogP contribution in [-0.4, -0.2) is 26.3 Å². The van der Waals surface area contributed by atoms with Crippen molar-refractivity contribution in [2.75, 3.05) is 13.6 Å². The van der Waals surface area contributed by atoms with Gasteiger partial charge in [0.15, 0.2) is 5.82 Å². The minimum Gasteiger partial charge on any atom is -0.326 e. The van der Waals surface area contributed by atoms with Crippen molar-refractivity contribution in [3.8, 4) is 0 Å². The van der Waals surface area contributed by atoms with Gasteiger partial charge in [-0.3, -0.25) is 0 Å². The number of hydrogen-bond donors (Lipinski definition) is 1. The van der Waals surface area contributed by atoms with Gasteiger partial charge in [-0.15, -0.1) is 0 Å². The molecule has 1 aromatic carbocycles. The first-order valence-electron chi connectivity index (χ1n) is 6.38. The van der Waals surface area contributed by atoms with Crippen molar-refractivity contribution in [1.82, 2.24) is 4.31 Å². The van der Waals surface area contributed by atoms with E-state index in [1.165, 1.54) is 7.05 Å². The third-order valence-electron chi connectivity index (χ3n) is 3.31. The minimum absolute atomic E-state index is 0.146. The van der Waals surface area contributed by atoms with Gasteiger partial charge < -0.3 is 5.73 Å². The molecule has 0 spiro atoms. The van der Waals surface area contributed by atoms with Crippen LogP contribution in [-0.2, 0) is 16.6 Å². The molecule has 7 heteroatoms. The molecular weight excluding hydrogens is 286 g/mol. The Morgan fingerprint density at radius 2 is 1.95 bits per heavy atom. The zero-order chi connectivity index (χ0) is 15.5. The summed E-state index contributed by atoms with van der Waals surface area (Å²) in [5, 5.41) is 0. The third-order valence-corrected chi connectivity index (χ3v) is 5.15. The molecule has 0 saturated carbocycles. The first kappa shape index (κ1) is 17.0. The molecule has 4 nitrogen and oxygen atoms in total. The average molecular weight is 306 g/mol. The van der Waals surface area contributed by atoms with E-state index in [0.29, 0.717) is 0 Å². The van der Waals surface area contributed by atoms with Crippen LogP contribution < -0.4 is 5.73 Å². The van der Waals surface area contributed by atoms with Gasteiger partial charge in [0.1, 0.15) is 10.7 Å². The summed E-state index contributed by atoms with van der Waals surface area (Å²) in [5.74, 6) is -1.80. The molecule has 0 aliphatic carbocycles. The van der Waals surface area contributed by atoms with Gasteiger partial charge in [-0.1, -0.05) is 20.3 Å². The second-order valence-corrected chi connectivity index (χ2v) is 6.85. The van der Waals surface area contributed by atoms with Crippen molar-refractivity contribution in [2.45, 2.75) is 31.7 Å². The number of hydrogen-bond acceptors (Lipinski definition) is 3. The van der Waals surface area contributed by atoms with Crippen LogP contribution in [0.4, 0.5) is 8.78 Å². The quantitative estimate of drug-likeness (QED) is 0.875. The summed E-state index contributed by atoms with van der Waals surface area (Å²) in [6.07, 6.45) is 0.805. The predicted octanol–water partition coefficient (Wildman–Crippen LogP) is 2.09. The molecule has 0 amide bonds. The highest BCUT2D eigenvalue weighted by Gasteiger charge is 2.27. The van der Waals surface area contributed by atoms with Crippen LogP contribution in [0.5, 0.6) is 0 Å². The molecule has 1 unspecified atom stereocenters. The number of benzene rings is 1. The Balaban J connectivity index is 3.23. The minimum atomic E-state index is -3.99. The smallest absolute Gasteiger partial charge is 0.245 e. The van der Waals surface area contributed by atoms with Crippen LogP contribution in [0.25, 0.3) is 0 Å². The maximum Gasteiger partial charge on any atom is 0.245 e. The van der Waals surface area contributed by atoms with Gasteiger partial charge in [-0.05, 0) is 18.1 Å². The summed E-state index contributed by atoms with van der Waals surface area (Å²) in [5.41, 5.74) is 4.84. The average Bonchev–Trinajstić information content (AvgIpc) is 2.38. The summed E-state index contributed by atoms with van der Waals surface area (Å²) in [7, 11) is -2.61. The lowest BCUT2D eigenvalue weighted by molar-refractivity contribution is 0.391. The molecule has 2 N–H and O–H groups in total. The molecule has 0 aliphatic heterocycles. The van der Waals surface area contributed by atoms with Crippen LogP contribution >= 0.6 is 0 Å². The van der Waals surface area contributed by atoms with Crippen LogP contribution in [0, 0.1) is 17.6 Å². The number of nitrogens with zero attached hydrogens (tertiary/aromatic N) is 1. The Morgan fingerprint density at radius 3 is 2.45 bits per heavy atom. The standard InChI is InChI=1S/C13H20F2N2O2S/c1-4-9(2)8-17(3)20(18,19)12-6-5-11(14)10(7-16)13(12)15/h5-6,9H,4,7-8,16H2,1-3H3. The number of rotatable bonds is 6. The lowest BCUT2D eigenvalue weighted by atomic mass is 10.1. The first-order valence-corrected chi connectivity index (χ1v) is 7.82. The lowest BCUT2D eigenvalue weighted by Gasteiger charge is -2.21. The molecule has 0 aliphatic rings. The summed E-state index contributed by atoms with van der Waals surface area (Å²) in [4.78, 5) is -0.537. The number of sulfonamides is 1. The molecule has 1 atom stereocenters. The van der Waals surface area contributed by atoms with Crippen LogP contribution in [0.2, 0.25) is 0 Å². The fourth-order valence-corrected chi connectivity index (χ4v) is 3.17. The lowest BCUT2D eigenvalue weighted by Crippen LogP contribution is -2.32. The predicted molar refractivity (Wildman–Crippen MR) is 73.5 cm³/mol. The van der Waals surface area contributed by atoms with Crippen molar-refractivity contribution in [2.24, 2.45) is 11.7 Å². The van der Waals surface area contributed by atoms with E-state index < -0.39 is 38.7 Å². The normalized spacial score (nSPS) is 13.8. The summed E-state index contributed by atoms with van der Waals surface area (Å²) >= 11 is 0. The Kier molecular flexibility index (Phi) is 5.61. The number of halogens is 2. The Labute approximate surface area is 118 Å². The molecule has 1 aromatic rings. The van der Waals surface area contributed by atoms with Gasteiger partial charge >= 0.3 is 0 Å². The van der Waals surface area contributed by atoms with Gasteiger partial charge in [-0.2, -0.15) is 0 Å². The molecule has 114 valence electrons. The van der Waals surface area contributed by atoms with Gasteiger partial charge in [0.25, 0.3) is 0 Å². The second kappa shape index (κ2) is 6.60. The van der Waals surface area contributed by atoms with Crippen LogP contribution in [0.1, 0.15) is 25.8 Å². The van der Waals surface area contributed by atoms with E-state index in [2.05, 4.69) is 0 Å². The monoisotopic (exact) mass is 306 g/mol. The SMILES string of the molecule is CCC(C)CN(C)S(=O)(=O)c1ccc(F)c(CN)c1F. The van der Waals surface area contributed by atoms with Crippen molar-refractivity contribution in [3.05, 3.63) is 29.3 Å². The van der Waals surface area contributed by atoms with E-state index in [1.54, 1.807) is 0 Å². The maximum absolute atomic E-state index is 14.1. The summed E-state index contributed by atoms with van der Waals surface area (Å²) in [6, 6.07) is 1.86.